The number of aryl methyl sites for hydroxylation is 1. The Morgan fingerprint density at radius 2 is 2.00 bits per heavy atom. The van der Waals surface area contributed by atoms with Crippen molar-refractivity contribution < 1.29 is 4.79 Å². The molecule has 4 nitrogen and oxygen atoms in total. The fourth-order valence-corrected chi connectivity index (χ4v) is 3.08. The molecule has 0 atom stereocenters. The average molecular weight is 301 g/mol. The van der Waals surface area contributed by atoms with Gasteiger partial charge in [-0.3, -0.25) is 9.69 Å². The fraction of sp³-hybridized carbons (Fsp3) is 0.611. The molecule has 0 spiro atoms. The first-order chi connectivity index (χ1) is 10.7. The number of benzene rings is 1. The Balaban J connectivity index is 1.37. The molecule has 0 aromatic heterocycles. The second-order valence-electron chi connectivity index (χ2n) is 6.82. The molecule has 2 aliphatic rings. The van der Waals surface area contributed by atoms with Crippen LogP contribution in [0.1, 0.15) is 31.2 Å². The Morgan fingerprint density at radius 1 is 1.23 bits per heavy atom. The van der Waals surface area contributed by atoms with E-state index in [9.17, 15) is 4.79 Å². The highest BCUT2D eigenvalue weighted by Crippen LogP contribution is 2.28. The number of nitrogens with one attached hydrogen (secondary N) is 2. The Labute approximate surface area is 133 Å². The van der Waals surface area contributed by atoms with Gasteiger partial charge in [0.15, 0.2) is 0 Å². The monoisotopic (exact) mass is 301 g/mol. The van der Waals surface area contributed by atoms with Gasteiger partial charge in [-0.25, -0.2) is 0 Å². The number of anilines is 1. The minimum atomic E-state index is 0.0926. The highest BCUT2D eigenvalue weighted by atomic mass is 16.2. The lowest BCUT2D eigenvalue weighted by Gasteiger charge is -2.32. The molecule has 4 heteroatoms. The summed E-state index contributed by atoms with van der Waals surface area (Å²) in [4.78, 5) is 14.4. The van der Waals surface area contributed by atoms with E-state index in [1.807, 2.05) is 31.2 Å². The quantitative estimate of drug-likeness (QED) is 0.848. The first kappa shape index (κ1) is 15.5. The van der Waals surface area contributed by atoms with E-state index in [1.165, 1.54) is 24.9 Å². The van der Waals surface area contributed by atoms with Crippen LogP contribution in [0.2, 0.25) is 0 Å². The molecule has 1 aromatic rings. The van der Waals surface area contributed by atoms with E-state index in [-0.39, 0.29) is 5.91 Å². The first-order valence-electron chi connectivity index (χ1n) is 8.51. The first-order valence-corrected chi connectivity index (χ1v) is 8.51. The van der Waals surface area contributed by atoms with E-state index in [2.05, 4.69) is 15.5 Å². The lowest BCUT2D eigenvalue weighted by Crippen LogP contribution is -2.45. The van der Waals surface area contributed by atoms with Crippen molar-refractivity contribution in [1.82, 2.24) is 10.2 Å². The Kier molecular flexibility index (Phi) is 5.11. The van der Waals surface area contributed by atoms with Crippen LogP contribution in [-0.2, 0) is 4.79 Å². The second-order valence-corrected chi connectivity index (χ2v) is 6.82. The maximum atomic E-state index is 12.1. The molecule has 0 bridgehead atoms. The lowest BCUT2D eigenvalue weighted by atomic mass is 10.0. The minimum Gasteiger partial charge on any atom is -0.325 e. The summed E-state index contributed by atoms with van der Waals surface area (Å²) in [5, 5.41) is 6.67. The number of carbonyl (C=O) groups excluding carboxylic acids is 1. The number of rotatable bonds is 6. The third kappa shape index (κ3) is 4.82. The molecule has 0 radical (unpaired) electrons. The van der Waals surface area contributed by atoms with Crippen molar-refractivity contribution in [3.63, 3.8) is 0 Å². The van der Waals surface area contributed by atoms with Crippen molar-refractivity contribution in [2.75, 3.05) is 31.5 Å². The minimum absolute atomic E-state index is 0.0926. The molecule has 22 heavy (non-hydrogen) atoms. The predicted molar refractivity (Wildman–Crippen MR) is 90.0 cm³/mol. The van der Waals surface area contributed by atoms with Crippen molar-refractivity contribution in [3.05, 3.63) is 29.8 Å². The fourth-order valence-electron chi connectivity index (χ4n) is 3.08. The largest absolute Gasteiger partial charge is 0.325 e. The van der Waals surface area contributed by atoms with E-state index in [0.717, 1.165) is 37.5 Å². The number of hydrogen-bond acceptors (Lipinski definition) is 3. The van der Waals surface area contributed by atoms with Crippen molar-refractivity contribution in [2.24, 2.45) is 5.92 Å². The molecule has 3 rings (SSSR count). The summed E-state index contributed by atoms with van der Waals surface area (Å²) in [6.07, 6.45) is 5.13. The third-order valence-electron chi connectivity index (χ3n) is 4.65. The normalized spacial score (nSPS) is 20.0. The van der Waals surface area contributed by atoms with Crippen molar-refractivity contribution in [3.8, 4) is 0 Å². The zero-order chi connectivity index (χ0) is 15.4. The summed E-state index contributed by atoms with van der Waals surface area (Å²) in [5.74, 6) is 1.04. The molecule has 1 saturated heterocycles. The van der Waals surface area contributed by atoms with Gasteiger partial charge in [0, 0.05) is 24.8 Å². The van der Waals surface area contributed by atoms with Gasteiger partial charge in [-0.05, 0) is 62.8 Å². The van der Waals surface area contributed by atoms with Gasteiger partial charge in [0.05, 0.1) is 6.54 Å². The Hall–Kier alpha value is -1.39. The maximum absolute atomic E-state index is 12.1. The van der Waals surface area contributed by atoms with E-state index < -0.39 is 0 Å². The highest BCUT2D eigenvalue weighted by molar-refractivity contribution is 5.92. The van der Waals surface area contributed by atoms with Crippen molar-refractivity contribution in [1.29, 1.82) is 0 Å². The summed E-state index contributed by atoms with van der Waals surface area (Å²) in [6, 6.07) is 8.61. The zero-order valence-electron chi connectivity index (χ0n) is 13.5. The average Bonchev–Trinajstić information content (AvgIpc) is 3.31. The summed E-state index contributed by atoms with van der Waals surface area (Å²) in [6.45, 7) is 5.77. The molecular weight excluding hydrogens is 274 g/mol. The summed E-state index contributed by atoms with van der Waals surface area (Å²) >= 11 is 0. The molecule has 1 amide bonds. The van der Waals surface area contributed by atoms with Crippen LogP contribution in [0.4, 0.5) is 5.69 Å². The number of carbonyl (C=O) groups is 1. The van der Waals surface area contributed by atoms with E-state index in [0.29, 0.717) is 12.6 Å². The van der Waals surface area contributed by atoms with E-state index >= 15 is 0 Å². The van der Waals surface area contributed by atoms with E-state index in [1.54, 1.807) is 0 Å². The SMILES string of the molecule is Cc1cccc(NC(=O)CN2CCC(NCC3CC3)CC2)c1. The molecule has 1 saturated carbocycles. The van der Waals surface area contributed by atoms with Crippen molar-refractivity contribution >= 4 is 11.6 Å². The van der Waals surface area contributed by atoms with Crippen LogP contribution in [-0.4, -0.2) is 43.0 Å². The van der Waals surface area contributed by atoms with Gasteiger partial charge in [-0.2, -0.15) is 0 Å². The van der Waals surface area contributed by atoms with Gasteiger partial charge in [-0.15, -0.1) is 0 Å². The van der Waals surface area contributed by atoms with Crippen LogP contribution in [0.5, 0.6) is 0 Å². The summed E-state index contributed by atoms with van der Waals surface area (Å²) < 4.78 is 0. The van der Waals surface area contributed by atoms with Crippen LogP contribution in [0.15, 0.2) is 24.3 Å². The topological polar surface area (TPSA) is 44.4 Å². The molecule has 1 heterocycles. The second kappa shape index (κ2) is 7.25. The van der Waals surface area contributed by atoms with Crippen LogP contribution in [0.3, 0.4) is 0 Å². The number of amides is 1. The highest BCUT2D eigenvalue weighted by Gasteiger charge is 2.24. The van der Waals surface area contributed by atoms with Crippen LogP contribution in [0.25, 0.3) is 0 Å². The summed E-state index contributed by atoms with van der Waals surface area (Å²) in [5.41, 5.74) is 2.06. The molecule has 2 fully saturated rings. The van der Waals surface area contributed by atoms with E-state index in [4.69, 9.17) is 0 Å². The standard InChI is InChI=1S/C18H27N3O/c1-14-3-2-4-17(11-14)20-18(22)13-21-9-7-16(8-10-21)19-12-15-5-6-15/h2-4,11,15-16,19H,5-10,12-13H2,1H3,(H,20,22). The van der Waals surface area contributed by atoms with Gasteiger partial charge in [0.25, 0.3) is 0 Å². The van der Waals surface area contributed by atoms with Gasteiger partial charge in [0.2, 0.25) is 5.91 Å². The molecule has 1 aliphatic carbocycles. The molecular formula is C18H27N3O. The van der Waals surface area contributed by atoms with Gasteiger partial charge < -0.3 is 10.6 Å². The Bertz CT molecular complexity index is 505. The molecule has 1 aromatic carbocycles. The maximum Gasteiger partial charge on any atom is 0.238 e. The summed E-state index contributed by atoms with van der Waals surface area (Å²) in [7, 11) is 0. The molecule has 0 unspecified atom stereocenters. The number of hydrogen-bond donors (Lipinski definition) is 2. The number of likely N-dealkylation sites (tertiary alicyclic amines) is 1. The van der Waals surface area contributed by atoms with Gasteiger partial charge in [0.1, 0.15) is 0 Å². The molecule has 1 aliphatic heterocycles. The number of piperidine rings is 1. The number of nitrogens with zero attached hydrogens (tertiary/aromatic N) is 1. The van der Waals surface area contributed by atoms with Gasteiger partial charge >= 0.3 is 0 Å². The molecule has 120 valence electrons. The zero-order valence-corrected chi connectivity index (χ0v) is 13.5. The van der Waals surface area contributed by atoms with Crippen molar-refractivity contribution in [2.45, 2.75) is 38.6 Å². The Morgan fingerprint density at radius 3 is 2.68 bits per heavy atom. The van der Waals surface area contributed by atoms with Gasteiger partial charge in [-0.1, -0.05) is 12.1 Å². The predicted octanol–water partition coefficient (Wildman–Crippen LogP) is 2.40. The van der Waals surface area contributed by atoms with Crippen LogP contribution < -0.4 is 10.6 Å². The molecule has 2 N–H and O–H groups in total. The smallest absolute Gasteiger partial charge is 0.238 e. The lowest BCUT2D eigenvalue weighted by molar-refractivity contribution is -0.117. The van der Waals surface area contributed by atoms with Crippen LogP contribution >= 0.6 is 0 Å². The van der Waals surface area contributed by atoms with Crippen LogP contribution in [0, 0.1) is 12.8 Å². The third-order valence-corrected chi connectivity index (χ3v) is 4.65.